The van der Waals surface area contributed by atoms with Gasteiger partial charge in [0.15, 0.2) is 0 Å². The number of hydrogen-bond acceptors (Lipinski definition) is 3. The number of rotatable bonds is 7. The summed E-state index contributed by atoms with van der Waals surface area (Å²) in [6.45, 7) is 2.10. The molecule has 0 N–H and O–H groups in total. The van der Waals surface area contributed by atoms with Crippen molar-refractivity contribution in [1.82, 2.24) is 0 Å². The highest BCUT2D eigenvalue weighted by Crippen LogP contribution is 2.31. The Morgan fingerprint density at radius 1 is 1.04 bits per heavy atom. The quantitative estimate of drug-likeness (QED) is 0.711. The Bertz CT molecular complexity index is 756. The molecule has 4 nitrogen and oxygen atoms in total. The number of benzene rings is 2. The van der Waals surface area contributed by atoms with E-state index in [0.29, 0.717) is 5.75 Å². The van der Waals surface area contributed by atoms with Crippen molar-refractivity contribution in [3.05, 3.63) is 54.6 Å². The van der Waals surface area contributed by atoms with E-state index in [4.69, 9.17) is 4.74 Å². The molecule has 2 rings (SSSR count). The Morgan fingerprint density at radius 2 is 1.70 bits per heavy atom. The van der Waals surface area contributed by atoms with Crippen molar-refractivity contribution in [2.45, 2.75) is 24.7 Å². The molecule has 23 heavy (non-hydrogen) atoms. The molecule has 124 valence electrons. The molecular formula is C17H22NO3PS. The zero-order chi connectivity index (χ0) is 16.7. The normalized spacial score (nSPS) is 13.0. The third kappa shape index (κ3) is 4.95. The molecule has 0 aliphatic heterocycles. The van der Waals surface area contributed by atoms with Crippen molar-refractivity contribution in [3.8, 4) is 5.75 Å². The number of nitrogens with zero attached hydrogens (tertiary/aromatic N) is 1. The number of ether oxygens (including phenoxy) is 1. The third-order valence-corrected chi connectivity index (χ3v) is 8.00. The molecule has 0 radical (unpaired) electrons. The molecule has 0 fully saturated rings. The molecule has 1 atom stereocenters. The summed E-state index contributed by atoms with van der Waals surface area (Å²) in [4.78, 5) is 0.216. The van der Waals surface area contributed by atoms with Crippen LogP contribution >= 0.6 is 7.71 Å². The Kier molecular flexibility index (Phi) is 6.43. The molecule has 2 aromatic carbocycles. The largest absolute Gasteiger partial charge is 0.497 e. The van der Waals surface area contributed by atoms with Crippen LogP contribution in [0.2, 0.25) is 0 Å². The summed E-state index contributed by atoms with van der Waals surface area (Å²) < 4.78 is 34.5. The van der Waals surface area contributed by atoms with Gasteiger partial charge in [-0.3, -0.25) is 0 Å². The second-order valence-electron chi connectivity index (χ2n) is 5.16. The fourth-order valence-electron chi connectivity index (χ4n) is 2.16. The minimum Gasteiger partial charge on any atom is -0.497 e. The molecule has 0 saturated heterocycles. The Balaban J connectivity index is 2.39. The van der Waals surface area contributed by atoms with Crippen LogP contribution in [0.15, 0.2) is 63.6 Å². The first-order valence-electron chi connectivity index (χ1n) is 7.60. The average Bonchev–Trinajstić information content (AvgIpc) is 2.59. The van der Waals surface area contributed by atoms with Gasteiger partial charge < -0.3 is 4.74 Å². The summed E-state index contributed by atoms with van der Waals surface area (Å²) in [5, 5.41) is 1.03. The molecule has 0 heterocycles. The van der Waals surface area contributed by atoms with E-state index in [9.17, 15) is 8.42 Å². The Labute approximate surface area is 139 Å². The fraction of sp³-hybridized carbons (Fsp3) is 0.294. The second kappa shape index (κ2) is 8.32. The van der Waals surface area contributed by atoms with Gasteiger partial charge in [0.1, 0.15) is 5.75 Å². The molecular weight excluding hydrogens is 329 g/mol. The van der Waals surface area contributed by atoms with E-state index in [-0.39, 0.29) is 4.90 Å². The van der Waals surface area contributed by atoms with Gasteiger partial charge in [0, 0.05) is 7.71 Å². The van der Waals surface area contributed by atoms with E-state index < -0.39 is 17.7 Å². The lowest BCUT2D eigenvalue weighted by Crippen LogP contribution is -2.02. The first-order valence-corrected chi connectivity index (χ1v) is 10.7. The topological polar surface area (TPSA) is 55.7 Å². The molecule has 0 saturated carbocycles. The van der Waals surface area contributed by atoms with E-state index in [1.165, 1.54) is 0 Å². The van der Waals surface area contributed by atoms with Crippen LogP contribution in [0.25, 0.3) is 0 Å². The number of hydrogen-bond donors (Lipinski definition) is 0. The summed E-state index contributed by atoms with van der Waals surface area (Å²) >= 11 is 0. The Hall–Kier alpha value is -1.58. The monoisotopic (exact) mass is 351 g/mol. The summed E-state index contributed by atoms with van der Waals surface area (Å²) in [5.74, 6) is 0.628. The molecule has 0 aliphatic carbocycles. The van der Waals surface area contributed by atoms with E-state index in [1.807, 2.05) is 30.3 Å². The third-order valence-electron chi connectivity index (χ3n) is 3.46. The zero-order valence-corrected chi connectivity index (χ0v) is 15.2. The lowest BCUT2D eigenvalue weighted by molar-refractivity contribution is 0.414. The predicted octanol–water partition coefficient (Wildman–Crippen LogP) is 3.91. The lowest BCUT2D eigenvalue weighted by atomic mass is 10.3. The summed E-state index contributed by atoms with van der Waals surface area (Å²) in [6, 6.07) is 16.1. The highest BCUT2D eigenvalue weighted by Gasteiger charge is 2.14. The van der Waals surface area contributed by atoms with Gasteiger partial charge in [-0.15, -0.1) is 0 Å². The minimum atomic E-state index is -3.65. The van der Waals surface area contributed by atoms with E-state index in [1.54, 1.807) is 31.4 Å². The van der Waals surface area contributed by atoms with Gasteiger partial charge in [-0.1, -0.05) is 43.7 Å². The van der Waals surface area contributed by atoms with Crippen molar-refractivity contribution in [3.63, 3.8) is 0 Å². The van der Waals surface area contributed by atoms with E-state index in [2.05, 4.69) is 11.1 Å². The van der Waals surface area contributed by atoms with Crippen LogP contribution in [0.5, 0.6) is 5.75 Å². The first kappa shape index (κ1) is 17.8. The van der Waals surface area contributed by atoms with Crippen molar-refractivity contribution in [1.29, 1.82) is 0 Å². The summed E-state index contributed by atoms with van der Waals surface area (Å²) in [5.41, 5.74) is 0. The van der Waals surface area contributed by atoms with Crippen LogP contribution in [0.3, 0.4) is 0 Å². The van der Waals surface area contributed by atoms with Crippen LogP contribution in [-0.2, 0) is 10.0 Å². The van der Waals surface area contributed by atoms with Gasteiger partial charge in [0.25, 0.3) is 10.0 Å². The smallest absolute Gasteiger partial charge is 0.281 e. The zero-order valence-electron chi connectivity index (χ0n) is 13.4. The van der Waals surface area contributed by atoms with Gasteiger partial charge in [-0.25, -0.2) is 0 Å². The van der Waals surface area contributed by atoms with Gasteiger partial charge >= 0.3 is 0 Å². The van der Waals surface area contributed by atoms with Gasteiger partial charge in [-0.2, -0.15) is 12.6 Å². The molecule has 0 spiro atoms. The van der Waals surface area contributed by atoms with E-state index >= 15 is 0 Å². The second-order valence-corrected chi connectivity index (χ2v) is 9.28. The number of methoxy groups -OCH3 is 1. The van der Waals surface area contributed by atoms with Crippen LogP contribution < -0.4 is 10.0 Å². The van der Waals surface area contributed by atoms with Crippen molar-refractivity contribution in [2.75, 3.05) is 13.3 Å². The van der Waals surface area contributed by atoms with Gasteiger partial charge in [-0.05, 0) is 42.2 Å². The average molecular weight is 351 g/mol. The highest BCUT2D eigenvalue weighted by atomic mass is 32.2. The molecule has 6 heteroatoms. The fourth-order valence-corrected chi connectivity index (χ4v) is 6.57. The minimum absolute atomic E-state index is 0.216. The summed E-state index contributed by atoms with van der Waals surface area (Å²) in [6.07, 6.45) is 2.82. The standard InChI is InChI=1S/C17H22NO3PS/c1-3-4-14-22(16-8-6-5-7-9-16)18-23(19,20)17-12-10-15(21-2)11-13-17/h5-13,22H,3-4,14H2,1-2H3. The molecule has 1 unspecified atom stereocenters. The van der Waals surface area contributed by atoms with Crippen LogP contribution in [-0.4, -0.2) is 21.7 Å². The highest BCUT2D eigenvalue weighted by molar-refractivity contribution is 7.93. The molecule has 0 aliphatic rings. The van der Waals surface area contributed by atoms with Crippen LogP contribution in [0.4, 0.5) is 0 Å². The van der Waals surface area contributed by atoms with Gasteiger partial charge in [0.05, 0.1) is 12.0 Å². The number of sulfonamides is 1. The summed E-state index contributed by atoms with van der Waals surface area (Å²) in [7, 11) is -3.60. The van der Waals surface area contributed by atoms with Crippen molar-refractivity contribution >= 4 is 23.0 Å². The predicted molar refractivity (Wildman–Crippen MR) is 96.8 cm³/mol. The van der Waals surface area contributed by atoms with Crippen molar-refractivity contribution in [2.24, 2.45) is 4.15 Å². The van der Waals surface area contributed by atoms with Gasteiger partial charge in [0.2, 0.25) is 0 Å². The maximum atomic E-state index is 12.6. The molecule has 0 bridgehead atoms. The molecule has 0 aromatic heterocycles. The first-order chi connectivity index (χ1) is 11.1. The number of unbranched alkanes of at least 4 members (excludes halogenated alkanes) is 1. The van der Waals surface area contributed by atoms with Crippen LogP contribution in [0, 0.1) is 0 Å². The van der Waals surface area contributed by atoms with Crippen LogP contribution in [0.1, 0.15) is 19.8 Å². The van der Waals surface area contributed by atoms with E-state index in [0.717, 1.165) is 24.3 Å². The molecule has 0 amide bonds. The maximum Gasteiger partial charge on any atom is 0.281 e. The van der Waals surface area contributed by atoms with Crippen molar-refractivity contribution < 1.29 is 13.2 Å². The SMILES string of the molecule is CCCC/[PH](=N/S(=O)(=O)c1ccc(OC)cc1)c1ccccc1. The maximum absolute atomic E-state index is 12.6. The molecule has 2 aromatic rings. The Morgan fingerprint density at radius 3 is 2.26 bits per heavy atom. The lowest BCUT2D eigenvalue weighted by Gasteiger charge is -2.09.